The zero-order valence-corrected chi connectivity index (χ0v) is 15.9. The van der Waals surface area contributed by atoms with Crippen LogP contribution in [0.1, 0.15) is 43.2 Å². The van der Waals surface area contributed by atoms with Crippen LogP contribution in [0.5, 0.6) is 17.2 Å². The summed E-state index contributed by atoms with van der Waals surface area (Å²) in [5, 5.41) is 43.5. The second-order valence-corrected chi connectivity index (χ2v) is 10.0. The number of likely N-dealkylation sites (tertiary alicyclic amines) is 1. The molecule has 7 heteroatoms. The molecule has 0 aromatic heterocycles. The van der Waals surface area contributed by atoms with Crippen molar-refractivity contribution in [2.45, 2.75) is 67.3 Å². The van der Waals surface area contributed by atoms with Crippen molar-refractivity contribution in [2.24, 2.45) is 0 Å². The number of rotatable bonds is 2. The fourth-order valence-corrected chi connectivity index (χ4v) is 7.05. The molecular formula is C21H26NO6+. The molecule has 0 radical (unpaired) electrons. The van der Waals surface area contributed by atoms with E-state index < -0.39 is 22.7 Å². The number of benzene rings is 1. The Morgan fingerprint density at radius 3 is 2.68 bits per heavy atom. The number of piperidine rings is 1. The monoisotopic (exact) mass is 388 g/mol. The number of ether oxygens (including phenoxy) is 1. The van der Waals surface area contributed by atoms with E-state index in [0.717, 1.165) is 30.5 Å². The number of phenols is 2. The van der Waals surface area contributed by atoms with Gasteiger partial charge < -0.3 is 29.6 Å². The number of aliphatic hydroxyl groups is 2. The summed E-state index contributed by atoms with van der Waals surface area (Å²) in [5.41, 5.74) is -1.13. The van der Waals surface area contributed by atoms with E-state index in [0.29, 0.717) is 30.3 Å². The van der Waals surface area contributed by atoms with E-state index in [-0.39, 0.29) is 35.5 Å². The van der Waals surface area contributed by atoms with Gasteiger partial charge in [0.05, 0.1) is 19.0 Å². The van der Waals surface area contributed by atoms with Crippen molar-refractivity contribution in [2.75, 3.05) is 20.1 Å². The Labute approximate surface area is 162 Å². The lowest BCUT2D eigenvalue weighted by molar-refractivity contribution is -0.952. The zero-order chi connectivity index (χ0) is 19.7. The summed E-state index contributed by atoms with van der Waals surface area (Å²) >= 11 is 0. The Balaban J connectivity index is 1.60. The van der Waals surface area contributed by atoms with E-state index in [4.69, 9.17) is 4.74 Å². The normalized spacial score (nSPS) is 44.0. The second kappa shape index (κ2) is 4.66. The fraction of sp³-hybridized carbons (Fsp3) is 0.667. The Bertz CT molecular complexity index is 941. The maximum atomic E-state index is 12.8. The van der Waals surface area contributed by atoms with Gasteiger partial charge in [-0.25, -0.2) is 0 Å². The lowest BCUT2D eigenvalue weighted by atomic mass is 9.48. The number of hydrogen-bond acceptors (Lipinski definition) is 6. The number of phenolic OH excluding ortho intramolecular Hbond substituents is 2. The summed E-state index contributed by atoms with van der Waals surface area (Å²) < 4.78 is 6.52. The number of nitrogens with zero attached hydrogens (tertiary/aromatic N) is 1. The molecule has 1 aromatic carbocycles. The van der Waals surface area contributed by atoms with Crippen LogP contribution in [-0.4, -0.2) is 74.2 Å². The van der Waals surface area contributed by atoms with E-state index in [1.165, 1.54) is 0 Å². The van der Waals surface area contributed by atoms with Gasteiger partial charge >= 0.3 is 0 Å². The van der Waals surface area contributed by atoms with Gasteiger partial charge in [0.25, 0.3) is 0 Å². The van der Waals surface area contributed by atoms with Crippen molar-refractivity contribution in [3.63, 3.8) is 0 Å². The summed E-state index contributed by atoms with van der Waals surface area (Å²) in [5.74, 6) is -0.478. The third-order valence-electron chi connectivity index (χ3n) is 8.48. The molecule has 3 aliphatic carbocycles. The first-order valence-electron chi connectivity index (χ1n) is 10.2. The molecule has 2 bridgehead atoms. The highest BCUT2D eigenvalue weighted by Crippen LogP contribution is 2.67. The Kier molecular flexibility index (Phi) is 2.84. The Morgan fingerprint density at radius 1 is 1.21 bits per heavy atom. The van der Waals surface area contributed by atoms with E-state index in [1.807, 2.05) is 0 Å². The molecule has 2 aliphatic heterocycles. The first-order chi connectivity index (χ1) is 13.1. The molecule has 7 nitrogen and oxygen atoms in total. The molecule has 0 amide bonds. The quantitative estimate of drug-likeness (QED) is 0.434. The maximum Gasteiger partial charge on any atom is 0.200 e. The molecule has 2 heterocycles. The van der Waals surface area contributed by atoms with Gasteiger partial charge in [-0.3, -0.25) is 4.79 Å². The zero-order valence-electron chi connectivity index (χ0n) is 15.9. The second-order valence-electron chi connectivity index (χ2n) is 10.0. The summed E-state index contributed by atoms with van der Waals surface area (Å²) in [7, 11) is 2.10. The van der Waals surface area contributed by atoms with Crippen molar-refractivity contribution in [1.29, 1.82) is 0 Å². The topological polar surface area (TPSA) is 107 Å². The smallest absolute Gasteiger partial charge is 0.200 e. The first-order valence-corrected chi connectivity index (χ1v) is 10.2. The third kappa shape index (κ3) is 1.71. The summed E-state index contributed by atoms with van der Waals surface area (Å²) in [6, 6.07) is 1.36. The van der Waals surface area contributed by atoms with Crippen LogP contribution in [0.3, 0.4) is 0 Å². The van der Waals surface area contributed by atoms with Crippen molar-refractivity contribution in [1.82, 2.24) is 0 Å². The van der Waals surface area contributed by atoms with E-state index in [2.05, 4.69) is 7.05 Å². The molecular weight excluding hydrogens is 362 g/mol. The number of carbonyl (C=O) groups is 1. The Morgan fingerprint density at radius 2 is 1.96 bits per heavy atom. The maximum absolute atomic E-state index is 12.8. The summed E-state index contributed by atoms with van der Waals surface area (Å²) in [6.45, 7) is 1.31. The minimum atomic E-state index is -1.15. The van der Waals surface area contributed by atoms with Crippen LogP contribution in [0.4, 0.5) is 0 Å². The highest BCUT2D eigenvalue weighted by Gasteiger charge is 2.77. The molecule has 150 valence electrons. The van der Waals surface area contributed by atoms with Gasteiger partial charge in [0.15, 0.2) is 23.4 Å². The average molecular weight is 388 g/mol. The van der Waals surface area contributed by atoms with Gasteiger partial charge in [-0.2, -0.15) is 0 Å². The number of aromatic hydroxyl groups is 2. The molecule has 3 fully saturated rings. The van der Waals surface area contributed by atoms with Gasteiger partial charge in [-0.15, -0.1) is 0 Å². The van der Waals surface area contributed by atoms with Crippen molar-refractivity contribution in [3.05, 3.63) is 17.2 Å². The molecule has 28 heavy (non-hydrogen) atoms. The van der Waals surface area contributed by atoms with Crippen molar-refractivity contribution >= 4 is 5.78 Å². The fourth-order valence-electron chi connectivity index (χ4n) is 7.05. The van der Waals surface area contributed by atoms with Crippen LogP contribution < -0.4 is 4.74 Å². The SMILES string of the molecule is C[N@+]1(CC2(O)CC2)CC[C@]23c4c5cc(O)c(O)c4O[C@H]2C(=O)CC[C@@]3(O)[C@H]1C5. The van der Waals surface area contributed by atoms with E-state index >= 15 is 0 Å². The van der Waals surface area contributed by atoms with E-state index in [9.17, 15) is 25.2 Å². The number of likely N-dealkylation sites (N-methyl/N-ethyl adjacent to an activating group) is 1. The highest BCUT2D eigenvalue weighted by atomic mass is 16.5. The molecule has 6 rings (SSSR count). The largest absolute Gasteiger partial charge is 0.504 e. The minimum absolute atomic E-state index is 0.0525. The molecule has 5 aliphatic rings. The van der Waals surface area contributed by atoms with Crippen LogP contribution >= 0.6 is 0 Å². The number of carbonyl (C=O) groups excluding carboxylic acids is 1. The predicted octanol–water partition coefficient (Wildman–Crippen LogP) is 0.490. The van der Waals surface area contributed by atoms with Gasteiger partial charge in [-0.05, 0) is 30.9 Å². The number of quaternary nitrogens is 1. The lowest BCUT2D eigenvalue weighted by Gasteiger charge is -2.64. The molecule has 1 saturated heterocycles. The van der Waals surface area contributed by atoms with Crippen molar-refractivity contribution in [3.8, 4) is 17.2 Å². The van der Waals surface area contributed by atoms with Gasteiger partial charge in [-0.1, -0.05) is 0 Å². The van der Waals surface area contributed by atoms with Gasteiger partial charge in [0, 0.05) is 24.8 Å². The average Bonchev–Trinajstić information content (AvgIpc) is 3.22. The van der Waals surface area contributed by atoms with Crippen LogP contribution in [0.2, 0.25) is 0 Å². The Hall–Kier alpha value is -1.83. The molecule has 1 aromatic rings. The number of hydrogen-bond donors (Lipinski definition) is 4. The molecule has 4 N–H and O–H groups in total. The first kappa shape index (κ1) is 17.1. The third-order valence-corrected chi connectivity index (χ3v) is 8.48. The standard InChI is InChI=1S/C21H25NO6/c1-22(10-19(26)4-5-19)7-6-20-15-11-8-13(24)16(25)17(15)28-18(20)12(23)2-3-21(20,27)14(22)9-11/h8,14,18,26-27H,2-7,9-10H2,1H3,(H-,24,25)/p+1/t14-,18+,20+,21-,22-/m1/s1. The van der Waals surface area contributed by atoms with Gasteiger partial charge in [0.2, 0.25) is 5.75 Å². The van der Waals surface area contributed by atoms with Crippen molar-refractivity contribution < 1.29 is 34.4 Å². The van der Waals surface area contributed by atoms with Crippen LogP contribution in [0.25, 0.3) is 0 Å². The summed E-state index contributed by atoms with van der Waals surface area (Å²) in [6.07, 6.45) is 2.42. The van der Waals surface area contributed by atoms with Crippen LogP contribution in [0.15, 0.2) is 6.07 Å². The molecule has 2 saturated carbocycles. The highest BCUT2D eigenvalue weighted by molar-refractivity contribution is 5.90. The predicted molar refractivity (Wildman–Crippen MR) is 97.3 cm³/mol. The van der Waals surface area contributed by atoms with Crippen LogP contribution in [-0.2, 0) is 16.6 Å². The number of ketones is 1. The molecule has 0 unspecified atom stereocenters. The minimum Gasteiger partial charge on any atom is -0.504 e. The van der Waals surface area contributed by atoms with Crippen LogP contribution in [0, 0.1) is 0 Å². The van der Waals surface area contributed by atoms with Gasteiger partial charge in [0.1, 0.15) is 23.8 Å². The molecule has 5 atom stereocenters. The summed E-state index contributed by atoms with van der Waals surface area (Å²) in [4.78, 5) is 12.8. The lowest BCUT2D eigenvalue weighted by Crippen LogP contribution is -2.81. The molecule has 1 spiro atoms. The number of Topliss-reactive ketones (excluding diaryl/α,β-unsaturated/α-hetero) is 1. The van der Waals surface area contributed by atoms with E-state index in [1.54, 1.807) is 6.07 Å².